The average Bonchev–Trinajstić information content (AvgIpc) is 2.09. The quantitative estimate of drug-likeness (QED) is 0.589. The van der Waals surface area contributed by atoms with Crippen LogP contribution in [-0.2, 0) is 4.74 Å². The highest BCUT2D eigenvalue weighted by atomic mass is 16.5. The monoisotopic (exact) mass is 165 g/mol. The first-order valence-electron chi connectivity index (χ1n) is 4.44. The van der Waals surface area contributed by atoms with Gasteiger partial charge in [-0.1, -0.05) is 0 Å². The Bertz CT molecular complexity index is 192. The van der Waals surface area contributed by atoms with Gasteiger partial charge in [0.25, 0.3) is 0 Å². The van der Waals surface area contributed by atoms with E-state index in [-0.39, 0.29) is 0 Å². The lowest BCUT2D eigenvalue weighted by Gasteiger charge is -2.20. The molecule has 0 N–H and O–H groups in total. The number of rotatable bonds is 2. The summed E-state index contributed by atoms with van der Waals surface area (Å²) in [5, 5.41) is 8.50. The van der Waals surface area contributed by atoms with Crippen molar-refractivity contribution < 1.29 is 4.74 Å². The molecule has 0 aliphatic heterocycles. The second-order valence-corrected chi connectivity index (χ2v) is 3.32. The molecule has 0 radical (unpaired) electrons. The van der Waals surface area contributed by atoms with Crippen LogP contribution in [0.3, 0.4) is 0 Å². The summed E-state index contributed by atoms with van der Waals surface area (Å²) in [5.41, 5.74) is 1.40. The highest BCUT2D eigenvalue weighted by Gasteiger charge is 2.15. The smallest absolute Gasteiger partial charge is 0.0816 e. The van der Waals surface area contributed by atoms with E-state index < -0.39 is 0 Å². The van der Waals surface area contributed by atoms with Crippen molar-refractivity contribution in [2.75, 3.05) is 7.11 Å². The van der Waals surface area contributed by atoms with E-state index in [1.54, 1.807) is 7.11 Å². The zero-order valence-corrected chi connectivity index (χ0v) is 7.55. The van der Waals surface area contributed by atoms with E-state index in [4.69, 9.17) is 10.00 Å². The Hall–Kier alpha value is -0.970. The third-order valence-corrected chi connectivity index (χ3v) is 2.41. The fraction of sp³-hybridized carbons (Fsp3) is 0.700. The van der Waals surface area contributed by atoms with Crippen molar-refractivity contribution in [2.24, 2.45) is 5.92 Å². The van der Waals surface area contributed by atoms with Crippen molar-refractivity contribution >= 4 is 0 Å². The number of allylic oxidation sites excluding steroid dienone is 1. The predicted molar refractivity (Wildman–Crippen MR) is 47.3 cm³/mol. The minimum absolute atomic E-state index is 0.629. The summed E-state index contributed by atoms with van der Waals surface area (Å²) in [7, 11) is 1.69. The number of methoxy groups -OCH3 is 1. The van der Waals surface area contributed by atoms with Crippen LogP contribution in [0.4, 0.5) is 0 Å². The zero-order valence-electron chi connectivity index (χ0n) is 7.55. The molecule has 0 aromatic carbocycles. The third-order valence-electron chi connectivity index (χ3n) is 2.41. The van der Waals surface area contributed by atoms with Crippen molar-refractivity contribution in [3.05, 3.63) is 11.8 Å². The molecule has 0 bridgehead atoms. The summed E-state index contributed by atoms with van der Waals surface area (Å²) in [5.74, 6) is 0.629. The molecule has 0 spiro atoms. The molecule has 12 heavy (non-hydrogen) atoms. The van der Waals surface area contributed by atoms with E-state index in [1.165, 1.54) is 5.57 Å². The topological polar surface area (TPSA) is 33.0 Å². The Labute approximate surface area is 73.8 Å². The van der Waals surface area contributed by atoms with Crippen LogP contribution in [-0.4, -0.2) is 7.11 Å². The first kappa shape index (κ1) is 9.12. The van der Waals surface area contributed by atoms with Crippen LogP contribution in [0.1, 0.15) is 32.1 Å². The zero-order chi connectivity index (χ0) is 8.81. The van der Waals surface area contributed by atoms with Gasteiger partial charge in [0.2, 0.25) is 0 Å². The van der Waals surface area contributed by atoms with Gasteiger partial charge in [0.05, 0.1) is 19.4 Å². The molecule has 0 aromatic heterocycles. The Morgan fingerprint density at radius 1 is 1.58 bits per heavy atom. The lowest BCUT2D eigenvalue weighted by atomic mass is 9.85. The molecule has 1 rings (SSSR count). The highest BCUT2D eigenvalue weighted by Crippen LogP contribution is 2.29. The Kier molecular flexibility index (Phi) is 3.66. The largest absolute Gasteiger partial charge is 0.504 e. The molecule has 2 nitrogen and oxygen atoms in total. The summed E-state index contributed by atoms with van der Waals surface area (Å²) in [6.45, 7) is 0. The summed E-state index contributed by atoms with van der Waals surface area (Å²) >= 11 is 0. The van der Waals surface area contributed by atoms with Crippen molar-refractivity contribution in [3.63, 3.8) is 0 Å². The summed E-state index contributed by atoms with van der Waals surface area (Å²) in [6, 6.07) is 2.23. The van der Waals surface area contributed by atoms with Gasteiger partial charge in [0.1, 0.15) is 0 Å². The molecular weight excluding hydrogens is 150 g/mol. The van der Waals surface area contributed by atoms with Gasteiger partial charge in [-0.2, -0.15) is 5.26 Å². The second kappa shape index (κ2) is 4.82. The molecule has 0 atom stereocenters. The molecule has 0 unspecified atom stereocenters. The molecule has 0 aromatic rings. The van der Waals surface area contributed by atoms with Gasteiger partial charge in [-0.15, -0.1) is 0 Å². The van der Waals surface area contributed by atoms with Crippen LogP contribution >= 0.6 is 0 Å². The van der Waals surface area contributed by atoms with Crippen LogP contribution in [0.2, 0.25) is 0 Å². The maximum absolute atomic E-state index is 8.50. The number of ether oxygens (including phenoxy) is 1. The predicted octanol–water partition coefficient (Wildman–Crippen LogP) is 2.62. The van der Waals surface area contributed by atoms with E-state index >= 15 is 0 Å². The van der Waals surface area contributed by atoms with E-state index in [0.29, 0.717) is 5.92 Å². The van der Waals surface area contributed by atoms with Crippen molar-refractivity contribution in [1.82, 2.24) is 0 Å². The highest BCUT2D eigenvalue weighted by molar-refractivity contribution is 5.02. The van der Waals surface area contributed by atoms with Gasteiger partial charge in [-0.05, 0) is 37.2 Å². The number of hydrogen-bond donors (Lipinski definition) is 0. The van der Waals surface area contributed by atoms with Crippen LogP contribution in [0.15, 0.2) is 11.8 Å². The molecule has 1 fully saturated rings. The first-order chi connectivity index (χ1) is 5.86. The summed E-state index contributed by atoms with van der Waals surface area (Å²) in [6.07, 6.45) is 7.11. The second-order valence-electron chi connectivity index (χ2n) is 3.32. The normalized spacial score (nSPS) is 23.0. The SMILES string of the molecule is COC=C1CCC(CC#N)CC1. The maximum Gasteiger partial charge on any atom is 0.0816 e. The van der Waals surface area contributed by atoms with Crippen LogP contribution in [0.5, 0.6) is 0 Å². The maximum atomic E-state index is 8.50. The molecular formula is C10H15NO. The number of nitrogens with zero attached hydrogens (tertiary/aromatic N) is 1. The molecule has 1 aliphatic carbocycles. The standard InChI is InChI=1S/C10H15NO/c1-12-8-10-4-2-9(3-5-10)6-7-11/h8-9H,2-6H2,1H3. The lowest BCUT2D eigenvalue weighted by Crippen LogP contribution is -2.07. The lowest BCUT2D eigenvalue weighted by molar-refractivity contribution is 0.321. The fourth-order valence-corrected chi connectivity index (χ4v) is 1.67. The molecule has 0 amide bonds. The molecule has 2 heteroatoms. The molecule has 1 aliphatic rings. The number of hydrogen-bond acceptors (Lipinski definition) is 2. The van der Waals surface area contributed by atoms with E-state index in [2.05, 4.69) is 6.07 Å². The average molecular weight is 165 g/mol. The van der Waals surface area contributed by atoms with Gasteiger partial charge in [0.15, 0.2) is 0 Å². The van der Waals surface area contributed by atoms with Crippen molar-refractivity contribution in [2.45, 2.75) is 32.1 Å². The van der Waals surface area contributed by atoms with E-state index in [0.717, 1.165) is 32.1 Å². The minimum Gasteiger partial charge on any atom is -0.504 e. The minimum atomic E-state index is 0.629. The van der Waals surface area contributed by atoms with Gasteiger partial charge in [0, 0.05) is 6.42 Å². The van der Waals surface area contributed by atoms with Crippen LogP contribution in [0, 0.1) is 17.2 Å². The molecule has 0 saturated heterocycles. The summed E-state index contributed by atoms with van der Waals surface area (Å²) < 4.78 is 4.95. The van der Waals surface area contributed by atoms with Crippen LogP contribution in [0.25, 0.3) is 0 Å². The van der Waals surface area contributed by atoms with Crippen molar-refractivity contribution in [1.29, 1.82) is 5.26 Å². The number of nitriles is 1. The molecule has 66 valence electrons. The fourth-order valence-electron chi connectivity index (χ4n) is 1.67. The third kappa shape index (κ3) is 2.58. The first-order valence-corrected chi connectivity index (χ1v) is 4.44. The van der Waals surface area contributed by atoms with Gasteiger partial charge >= 0.3 is 0 Å². The molecule has 1 saturated carbocycles. The van der Waals surface area contributed by atoms with Gasteiger partial charge < -0.3 is 4.74 Å². The Morgan fingerprint density at radius 2 is 2.25 bits per heavy atom. The Balaban J connectivity index is 2.30. The van der Waals surface area contributed by atoms with Gasteiger partial charge in [-0.25, -0.2) is 0 Å². The summed E-state index contributed by atoms with van der Waals surface area (Å²) in [4.78, 5) is 0. The van der Waals surface area contributed by atoms with E-state index in [9.17, 15) is 0 Å². The van der Waals surface area contributed by atoms with Crippen molar-refractivity contribution in [3.8, 4) is 6.07 Å². The Morgan fingerprint density at radius 3 is 2.75 bits per heavy atom. The van der Waals surface area contributed by atoms with Crippen LogP contribution < -0.4 is 0 Å². The van der Waals surface area contributed by atoms with E-state index in [1.807, 2.05) is 6.26 Å². The van der Waals surface area contributed by atoms with Gasteiger partial charge in [-0.3, -0.25) is 0 Å². The molecule has 0 heterocycles.